The molecule has 0 spiro atoms. The normalized spacial score (nSPS) is 15.7. The van der Waals surface area contributed by atoms with E-state index in [0.717, 1.165) is 12.8 Å². The van der Waals surface area contributed by atoms with E-state index in [2.05, 4.69) is 10.3 Å². The van der Waals surface area contributed by atoms with Crippen molar-refractivity contribution in [2.45, 2.75) is 30.7 Å². The van der Waals surface area contributed by atoms with Crippen molar-refractivity contribution in [3.05, 3.63) is 28.7 Å². The molecule has 1 fully saturated rings. The van der Waals surface area contributed by atoms with Crippen molar-refractivity contribution in [1.82, 2.24) is 14.4 Å². The fourth-order valence-electron chi connectivity index (χ4n) is 2.87. The molecule has 136 valence electrons. The summed E-state index contributed by atoms with van der Waals surface area (Å²) in [7, 11) is -2.27. The lowest BCUT2D eigenvalue weighted by atomic mass is 10.3. The SMILES string of the molecule is CONC(=O)CCn1c(=O)oc2cc(S(=O)(=O)N3CCCC3)ccc21. The van der Waals surface area contributed by atoms with Gasteiger partial charge >= 0.3 is 5.76 Å². The largest absolute Gasteiger partial charge is 0.419 e. The lowest BCUT2D eigenvalue weighted by Gasteiger charge is -2.15. The molecule has 2 aromatic rings. The molecule has 0 saturated carbocycles. The Kier molecular flexibility index (Phi) is 4.93. The molecular formula is C15H19N3O6S. The first-order valence-corrected chi connectivity index (χ1v) is 9.33. The third-order valence-corrected chi connectivity index (χ3v) is 6.02. The Labute approximate surface area is 144 Å². The van der Waals surface area contributed by atoms with Gasteiger partial charge in [-0.15, -0.1) is 0 Å². The number of hydroxylamine groups is 1. The topological polar surface area (TPSA) is 111 Å². The number of amides is 1. The van der Waals surface area contributed by atoms with Crippen molar-refractivity contribution in [3.63, 3.8) is 0 Å². The van der Waals surface area contributed by atoms with Gasteiger partial charge in [-0.25, -0.2) is 18.7 Å². The van der Waals surface area contributed by atoms with Gasteiger partial charge in [0.1, 0.15) is 0 Å². The summed E-state index contributed by atoms with van der Waals surface area (Å²) in [6.07, 6.45) is 1.71. The third kappa shape index (κ3) is 3.46. The molecule has 1 aromatic carbocycles. The van der Waals surface area contributed by atoms with Gasteiger partial charge in [-0.3, -0.25) is 14.2 Å². The zero-order chi connectivity index (χ0) is 18.0. The van der Waals surface area contributed by atoms with Gasteiger partial charge in [0.15, 0.2) is 5.58 Å². The predicted molar refractivity (Wildman–Crippen MR) is 88.2 cm³/mol. The average molecular weight is 369 g/mol. The van der Waals surface area contributed by atoms with Crippen LogP contribution in [0.2, 0.25) is 0 Å². The second-order valence-electron chi connectivity index (χ2n) is 5.74. The van der Waals surface area contributed by atoms with Crippen LogP contribution in [0.3, 0.4) is 0 Å². The Bertz CT molecular complexity index is 940. The van der Waals surface area contributed by atoms with Crippen LogP contribution in [0.4, 0.5) is 0 Å². The van der Waals surface area contributed by atoms with Crippen LogP contribution in [0.15, 0.2) is 32.3 Å². The number of nitrogens with zero attached hydrogens (tertiary/aromatic N) is 2. The Hall–Kier alpha value is -2.17. The van der Waals surface area contributed by atoms with Gasteiger partial charge in [-0.1, -0.05) is 0 Å². The number of aryl methyl sites for hydroxylation is 1. The molecular weight excluding hydrogens is 350 g/mol. The molecule has 0 aliphatic carbocycles. The molecule has 1 amide bonds. The summed E-state index contributed by atoms with van der Waals surface area (Å²) >= 11 is 0. The van der Waals surface area contributed by atoms with Crippen molar-refractivity contribution in [3.8, 4) is 0 Å². The minimum atomic E-state index is -3.59. The second-order valence-corrected chi connectivity index (χ2v) is 7.68. The van der Waals surface area contributed by atoms with Crippen LogP contribution in [-0.2, 0) is 26.2 Å². The number of hydrogen-bond acceptors (Lipinski definition) is 6. The van der Waals surface area contributed by atoms with Gasteiger partial charge in [0.05, 0.1) is 17.5 Å². The minimum Gasteiger partial charge on any atom is -0.408 e. The van der Waals surface area contributed by atoms with Gasteiger partial charge in [-0.2, -0.15) is 4.31 Å². The fourth-order valence-corrected chi connectivity index (χ4v) is 4.41. The maximum Gasteiger partial charge on any atom is 0.419 e. The van der Waals surface area contributed by atoms with Gasteiger partial charge in [-0.05, 0) is 25.0 Å². The maximum absolute atomic E-state index is 12.6. The molecule has 2 heterocycles. The van der Waals surface area contributed by atoms with Crippen LogP contribution < -0.4 is 11.2 Å². The first kappa shape index (κ1) is 17.6. The average Bonchev–Trinajstić information content (AvgIpc) is 3.20. The van der Waals surface area contributed by atoms with Crippen molar-refractivity contribution < 1.29 is 22.5 Å². The number of rotatable bonds is 6. The summed E-state index contributed by atoms with van der Waals surface area (Å²) in [5.41, 5.74) is 2.78. The first-order valence-electron chi connectivity index (χ1n) is 7.89. The molecule has 0 unspecified atom stereocenters. The van der Waals surface area contributed by atoms with Crippen LogP contribution in [0.5, 0.6) is 0 Å². The van der Waals surface area contributed by atoms with Gasteiger partial charge < -0.3 is 4.42 Å². The van der Waals surface area contributed by atoms with Crippen molar-refractivity contribution in [2.75, 3.05) is 20.2 Å². The number of carbonyl (C=O) groups is 1. The standard InChI is InChI=1S/C15H19N3O6S/c1-23-16-14(19)6-9-18-12-5-4-11(10-13(12)24-15(18)20)25(21,22)17-7-2-3-8-17/h4-5,10H,2-3,6-9H2,1H3,(H,16,19). The van der Waals surface area contributed by atoms with E-state index in [-0.39, 0.29) is 29.4 Å². The van der Waals surface area contributed by atoms with Crippen LogP contribution in [0.25, 0.3) is 11.1 Å². The Morgan fingerprint density at radius 3 is 2.72 bits per heavy atom. The van der Waals surface area contributed by atoms with Gasteiger partial charge in [0.2, 0.25) is 15.9 Å². The third-order valence-electron chi connectivity index (χ3n) is 4.12. The van der Waals surface area contributed by atoms with E-state index in [0.29, 0.717) is 18.6 Å². The number of oxazole rings is 1. The van der Waals surface area contributed by atoms with Crippen LogP contribution >= 0.6 is 0 Å². The fraction of sp³-hybridized carbons (Fsp3) is 0.467. The second kappa shape index (κ2) is 6.98. The Morgan fingerprint density at radius 1 is 1.32 bits per heavy atom. The minimum absolute atomic E-state index is 0.0240. The molecule has 1 N–H and O–H groups in total. The van der Waals surface area contributed by atoms with E-state index in [9.17, 15) is 18.0 Å². The van der Waals surface area contributed by atoms with E-state index >= 15 is 0 Å². The number of sulfonamides is 1. The van der Waals surface area contributed by atoms with E-state index < -0.39 is 15.8 Å². The number of fused-ring (bicyclic) bond motifs is 1. The van der Waals surface area contributed by atoms with E-state index in [1.54, 1.807) is 0 Å². The predicted octanol–water partition coefficient (Wildman–Crippen LogP) is 0.447. The smallest absolute Gasteiger partial charge is 0.408 e. The monoisotopic (exact) mass is 369 g/mol. The zero-order valence-electron chi connectivity index (χ0n) is 13.7. The van der Waals surface area contributed by atoms with Gasteiger partial charge in [0, 0.05) is 32.1 Å². The molecule has 10 heteroatoms. The number of hydrogen-bond donors (Lipinski definition) is 1. The molecule has 25 heavy (non-hydrogen) atoms. The van der Waals surface area contributed by atoms with Crippen LogP contribution in [0.1, 0.15) is 19.3 Å². The molecule has 1 saturated heterocycles. The van der Waals surface area contributed by atoms with Gasteiger partial charge in [0.25, 0.3) is 0 Å². The number of aromatic nitrogens is 1. The summed E-state index contributed by atoms with van der Waals surface area (Å²) in [5, 5.41) is 0. The molecule has 0 radical (unpaired) electrons. The number of carbonyl (C=O) groups excluding carboxylic acids is 1. The quantitative estimate of drug-likeness (QED) is 0.740. The molecule has 1 aliphatic rings. The highest BCUT2D eigenvalue weighted by atomic mass is 32.2. The van der Waals surface area contributed by atoms with Crippen molar-refractivity contribution >= 4 is 27.0 Å². The van der Waals surface area contributed by atoms with Crippen LogP contribution in [0, 0.1) is 0 Å². The lowest BCUT2D eigenvalue weighted by molar-refractivity contribution is -0.131. The van der Waals surface area contributed by atoms with Crippen LogP contribution in [-0.4, -0.2) is 43.4 Å². The Morgan fingerprint density at radius 2 is 2.04 bits per heavy atom. The van der Waals surface area contributed by atoms with E-state index in [4.69, 9.17) is 4.42 Å². The van der Waals surface area contributed by atoms with Crippen molar-refractivity contribution in [1.29, 1.82) is 0 Å². The molecule has 0 atom stereocenters. The highest BCUT2D eigenvalue weighted by molar-refractivity contribution is 7.89. The summed E-state index contributed by atoms with van der Waals surface area (Å²) in [4.78, 5) is 28.1. The number of benzene rings is 1. The first-order chi connectivity index (χ1) is 11.9. The highest BCUT2D eigenvalue weighted by Gasteiger charge is 2.28. The number of nitrogens with one attached hydrogen (secondary N) is 1. The molecule has 9 nitrogen and oxygen atoms in total. The summed E-state index contributed by atoms with van der Waals surface area (Å²) in [6.45, 7) is 1.10. The lowest BCUT2D eigenvalue weighted by Crippen LogP contribution is -2.27. The van der Waals surface area contributed by atoms with E-state index in [1.165, 1.54) is 34.2 Å². The van der Waals surface area contributed by atoms with E-state index in [1.807, 2.05) is 0 Å². The van der Waals surface area contributed by atoms with Crippen molar-refractivity contribution in [2.24, 2.45) is 0 Å². The molecule has 3 rings (SSSR count). The highest BCUT2D eigenvalue weighted by Crippen LogP contribution is 2.24. The summed E-state index contributed by atoms with van der Waals surface area (Å²) in [5.74, 6) is -1.02. The molecule has 1 aromatic heterocycles. The molecule has 0 bridgehead atoms. The zero-order valence-corrected chi connectivity index (χ0v) is 14.5. The summed E-state index contributed by atoms with van der Waals surface area (Å²) < 4.78 is 33.0. The maximum atomic E-state index is 12.6. The Balaban J connectivity index is 1.90. The molecule has 1 aliphatic heterocycles. The summed E-state index contributed by atoms with van der Waals surface area (Å²) in [6, 6.07) is 4.34.